The fourth-order valence-corrected chi connectivity index (χ4v) is 2.73. The number of ether oxygens (including phenoxy) is 2. The molecular formula is C22H19ClN2O4. The average Bonchev–Trinajstić information content (AvgIpc) is 2.76. The summed E-state index contributed by atoms with van der Waals surface area (Å²) >= 11 is 5.92. The lowest BCUT2D eigenvalue weighted by molar-refractivity contribution is 0.0845. The zero-order valence-corrected chi connectivity index (χ0v) is 16.4. The number of methoxy groups -OCH3 is 1. The molecule has 2 N–H and O–H groups in total. The Kier molecular flexibility index (Phi) is 6.71. The van der Waals surface area contributed by atoms with E-state index >= 15 is 0 Å². The van der Waals surface area contributed by atoms with Crippen molar-refractivity contribution in [1.29, 1.82) is 0 Å². The van der Waals surface area contributed by atoms with Gasteiger partial charge in [-0.05, 0) is 48.0 Å². The number of hydrogen-bond donors (Lipinski definition) is 2. The second-order valence-corrected chi connectivity index (χ2v) is 6.49. The van der Waals surface area contributed by atoms with Gasteiger partial charge < -0.3 is 9.47 Å². The van der Waals surface area contributed by atoms with E-state index < -0.39 is 11.8 Å². The van der Waals surface area contributed by atoms with Crippen molar-refractivity contribution in [2.75, 3.05) is 7.11 Å². The molecule has 7 heteroatoms. The molecule has 148 valence electrons. The SMILES string of the molecule is COc1ccc(Cl)cc1C(=O)NNC(=O)c1ccc(OCc2ccccc2)cc1. The summed E-state index contributed by atoms with van der Waals surface area (Å²) in [5.74, 6) is -0.0198. The maximum atomic E-state index is 12.3. The molecule has 0 spiro atoms. The summed E-state index contributed by atoms with van der Waals surface area (Å²) in [7, 11) is 1.44. The first-order chi connectivity index (χ1) is 14.1. The van der Waals surface area contributed by atoms with Gasteiger partial charge in [-0.2, -0.15) is 0 Å². The molecule has 3 rings (SSSR count). The lowest BCUT2D eigenvalue weighted by Crippen LogP contribution is -2.41. The van der Waals surface area contributed by atoms with Gasteiger partial charge in [-0.15, -0.1) is 0 Å². The van der Waals surface area contributed by atoms with Crippen molar-refractivity contribution in [2.45, 2.75) is 6.61 Å². The summed E-state index contributed by atoms with van der Waals surface area (Å²) in [5.41, 5.74) is 6.35. The molecular weight excluding hydrogens is 392 g/mol. The van der Waals surface area contributed by atoms with E-state index in [9.17, 15) is 9.59 Å². The molecule has 6 nitrogen and oxygen atoms in total. The van der Waals surface area contributed by atoms with Crippen LogP contribution in [0.3, 0.4) is 0 Å². The predicted octanol–water partition coefficient (Wildman–Crippen LogP) is 4.00. The fourth-order valence-electron chi connectivity index (χ4n) is 2.55. The van der Waals surface area contributed by atoms with Gasteiger partial charge in [-0.3, -0.25) is 20.4 Å². The second-order valence-electron chi connectivity index (χ2n) is 6.05. The number of amides is 2. The molecule has 29 heavy (non-hydrogen) atoms. The fraction of sp³-hybridized carbons (Fsp3) is 0.0909. The number of carbonyl (C=O) groups excluding carboxylic acids is 2. The Labute approximate surface area is 173 Å². The molecule has 0 saturated heterocycles. The molecule has 0 fully saturated rings. The van der Waals surface area contributed by atoms with Crippen LogP contribution in [0.25, 0.3) is 0 Å². The summed E-state index contributed by atoms with van der Waals surface area (Å²) in [6.07, 6.45) is 0. The maximum Gasteiger partial charge on any atom is 0.273 e. The van der Waals surface area contributed by atoms with Crippen molar-refractivity contribution < 1.29 is 19.1 Å². The highest BCUT2D eigenvalue weighted by atomic mass is 35.5. The van der Waals surface area contributed by atoms with Gasteiger partial charge in [-0.25, -0.2) is 0 Å². The maximum absolute atomic E-state index is 12.3. The van der Waals surface area contributed by atoms with Crippen molar-refractivity contribution in [3.63, 3.8) is 0 Å². The monoisotopic (exact) mass is 410 g/mol. The van der Waals surface area contributed by atoms with Crippen molar-refractivity contribution >= 4 is 23.4 Å². The number of rotatable bonds is 6. The van der Waals surface area contributed by atoms with Gasteiger partial charge in [0.25, 0.3) is 11.8 Å². The molecule has 0 saturated carbocycles. The topological polar surface area (TPSA) is 76.7 Å². The van der Waals surface area contributed by atoms with E-state index in [0.717, 1.165) is 5.56 Å². The molecule has 3 aromatic carbocycles. The highest BCUT2D eigenvalue weighted by molar-refractivity contribution is 6.31. The molecule has 0 aromatic heterocycles. The van der Waals surface area contributed by atoms with Crippen molar-refractivity contribution in [3.8, 4) is 11.5 Å². The third-order valence-electron chi connectivity index (χ3n) is 4.06. The summed E-state index contributed by atoms with van der Waals surface area (Å²) in [6.45, 7) is 0.434. The molecule has 0 aliphatic heterocycles. The summed E-state index contributed by atoms with van der Waals surface area (Å²) in [4.78, 5) is 24.6. The van der Waals surface area contributed by atoms with E-state index in [2.05, 4.69) is 10.9 Å². The van der Waals surface area contributed by atoms with Gasteiger partial charge in [0.05, 0.1) is 12.7 Å². The van der Waals surface area contributed by atoms with Gasteiger partial charge in [0, 0.05) is 10.6 Å². The largest absolute Gasteiger partial charge is 0.496 e. The first kappa shape index (κ1) is 20.2. The van der Waals surface area contributed by atoms with Crippen LogP contribution in [0.15, 0.2) is 72.8 Å². The number of carbonyl (C=O) groups is 2. The minimum atomic E-state index is -0.541. The molecule has 2 amide bonds. The van der Waals surface area contributed by atoms with Crippen LogP contribution in [0.4, 0.5) is 0 Å². The Morgan fingerprint density at radius 2 is 1.59 bits per heavy atom. The van der Waals surface area contributed by atoms with Crippen LogP contribution in [-0.4, -0.2) is 18.9 Å². The van der Waals surface area contributed by atoms with E-state index in [4.69, 9.17) is 21.1 Å². The van der Waals surface area contributed by atoms with Crippen molar-refractivity contribution in [1.82, 2.24) is 10.9 Å². The molecule has 0 unspecified atom stereocenters. The lowest BCUT2D eigenvalue weighted by Gasteiger charge is -2.11. The molecule has 0 aliphatic carbocycles. The summed E-state index contributed by atoms with van der Waals surface area (Å²) < 4.78 is 10.8. The van der Waals surface area contributed by atoms with E-state index in [1.165, 1.54) is 13.2 Å². The number of hydrazine groups is 1. The predicted molar refractivity (Wildman–Crippen MR) is 110 cm³/mol. The minimum Gasteiger partial charge on any atom is -0.496 e. The van der Waals surface area contributed by atoms with Crippen molar-refractivity contribution in [2.24, 2.45) is 0 Å². The Hall–Kier alpha value is -3.51. The number of nitrogens with one attached hydrogen (secondary N) is 2. The van der Waals surface area contributed by atoms with Crippen LogP contribution in [0.5, 0.6) is 11.5 Å². The third kappa shape index (κ3) is 5.49. The van der Waals surface area contributed by atoms with E-state index in [1.54, 1.807) is 36.4 Å². The summed E-state index contributed by atoms with van der Waals surface area (Å²) in [6, 6.07) is 21.0. The smallest absolute Gasteiger partial charge is 0.273 e. The van der Waals surface area contributed by atoms with E-state index in [-0.39, 0.29) is 5.56 Å². The zero-order chi connectivity index (χ0) is 20.6. The van der Waals surface area contributed by atoms with Gasteiger partial charge in [0.15, 0.2) is 0 Å². The van der Waals surface area contributed by atoms with E-state index in [1.807, 2.05) is 30.3 Å². The highest BCUT2D eigenvalue weighted by Crippen LogP contribution is 2.22. The Morgan fingerprint density at radius 1 is 0.897 bits per heavy atom. The summed E-state index contributed by atoms with van der Waals surface area (Å²) in [5, 5.41) is 0.383. The van der Waals surface area contributed by atoms with Gasteiger partial charge in [0.1, 0.15) is 18.1 Å². The van der Waals surface area contributed by atoms with Crippen LogP contribution in [0.2, 0.25) is 5.02 Å². The van der Waals surface area contributed by atoms with Gasteiger partial charge in [0.2, 0.25) is 0 Å². The van der Waals surface area contributed by atoms with Crippen LogP contribution < -0.4 is 20.3 Å². The Bertz CT molecular complexity index is 991. The number of benzene rings is 3. The normalized spacial score (nSPS) is 10.1. The molecule has 3 aromatic rings. The highest BCUT2D eigenvalue weighted by Gasteiger charge is 2.14. The van der Waals surface area contributed by atoms with Crippen LogP contribution in [-0.2, 0) is 6.61 Å². The van der Waals surface area contributed by atoms with Crippen LogP contribution in [0.1, 0.15) is 26.3 Å². The first-order valence-corrected chi connectivity index (χ1v) is 9.15. The molecule has 0 radical (unpaired) electrons. The zero-order valence-electron chi connectivity index (χ0n) is 15.6. The molecule has 0 heterocycles. The second kappa shape index (κ2) is 9.61. The number of hydrogen-bond acceptors (Lipinski definition) is 4. The Balaban J connectivity index is 1.55. The molecule has 0 atom stereocenters. The quantitative estimate of drug-likeness (QED) is 0.602. The van der Waals surface area contributed by atoms with Gasteiger partial charge in [-0.1, -0.05) is 41.9 Å². The average molecular weight is 411 g/mol. The van der Waals surface area contributed by atoms with Crippen molar-refractivity contribution in [3.05, 3.63) is 94.5 Å². The molecule has 0 bridgehead atoms. The standard InChI is InChI=1S/C22H19ClN2O4/c1-28-20-12-9-17(23)13-19(20)22(27)25-24-21(26)16-7-10-18(11-8-16)29-14-15-5-3-2-4-6-15/h2-13H,14H2,1H3,(H,24,26)(H,25,27). The van der Waals surface area contributed by atoms with Gasteiger partial charge >= 0.3 is 0 Å². The van der Waals surface area contributed by atoms with Crippen LogP contribution >= 0.6 is 11.6 Å². The third-order valence-corrected chi connectivity index (χ3v) is 4.30. The minimum absolute atomic E-state index is 0.213. The number of halogens is 1. The van der Waals surface area contributed by atoms with E-state index in [0.29, 0.717) is 28.7 Å². The first-order valence-electron chi connectivity index (χ1n) is 8.78. The Morgan fingerprint density at radius 3 is 2.28 bits per heavy atom. The lowest BCUT2D eigenvalue weighted by atomic mass is 10.2. The van der Waals surface area contributed by atoms with Crippen LogP contribution in [0, 0.1) is 0 Å². The molecule has 0 aliphatic rings.